The number of rotatable bonds is 5. The van der Waals surface area contributed by atoms with Crippen LogP contribution in [0.3, 0.4) is 0 Å². The summed E-state index contributed by atoms with van der Waals surface area (Å²) in [5.41, 5.74) is 3.60. The van der Waals surface area contributed by atoms with Crippen LogP contribution < -0.4 is 0 Å². The van der Waals surface area contributed by atoms with E-state index in [9.17, 15) is 0 Å². The van der Waals surface area contributed by atoms with Gasteiger partial charge in [-0.15, -0.1) is 0 Å². The highest BCUT2D eigenvalue weighted by molar-refractivity contribution is 5.24. The molecule has 0 aliphatic carbocycles. The Kier molecular flexibility index (Phi) is 5.41. The molecule has 2 heterocycles. The molecule has 1 saturated heterocycles. The molecule has 5 heteroatoms. The lowest BCUT2D eigenvalue weighted by molar-refractivity contribution is 0.100. The first kappa shape index (κ1) is 16.5. The summed E-state index contributed by atoms with van der Waals surface area (Å²) in [7, 11) is 4.44. The van der Waals surface area contributed by atoms with E-state index >= 15 is 0 Å². The second-order valence-corrected chi connectivity index (χ2v) is 6.52. The predicted octanol–water partition coefficient (Wildman–Crippen LogP) is 1.41. The normalized spacial score (nSPS) is 24.0. The Labute approximate surface area is 128 Å². The molecule has 0 aromatic carbocycles. The number of aliphatic hydroxyl groups excluding tert-OH is 1. The number of nitrogens with zero attached hydrogens (tertiary/aromatic N) is 4. The number of aromatic nitrogens is 2. The van der Waals surface area contributed by atoms with Crippen LogP contribution in [0, 0.1) is 13.8 Å². The van der Waals surface area contributed by atoms with Crippen LogP contribution in [0.5, 0.6) is 0 Å². The molecule has 0 spiro atoms. The van der Waals surface area contributed by atoms with Crippen molar-refractivity contribution in [1.82, 2.24) is 19.6 Å². The van der Waals surface area contributed by atoms with Gasteiger partial charge in [0, 0.05) is 29.9 Å². The van der Waals surface area contributed by atoms with Gasteiger partial charge in [-0.05, 0) is 54.3 Å². The lowest BCUT2D eigenvalue weighted by Crippen LogP contribution is -2.46. The van der Waals surface area contributed by atoms with Crippen LogP contribution in [-0.4, -0.2) is 64.0 Å². The van der Waals surface area contributed by atoms with Crippen LogP contribution in [0.15, 0.2) is 0 Å². The molecule has 1 fully saturated rings. The molecule has 1 aromatic heterocycles. The molecular weight excluding hydrogens is 264 g/mol. The van der Waals surface area contributed by atoms with E-state index in [2.05, 4.69) is 49.8 Å². The molecule has 21 heavy (non-hydrogen) atoms. The van der Waals surface area contributed by atoms with E-state index in [1.54, 1.807) is 0 Å². The topological polar surface area (TPSA) is 44.5 Å². The third-order valence-electron chi connectivity index (χ3n) is 5.05. The van der Waals surface area contributed by atoms with Crippen molar-refractivity contribution in [2.24, 2.45) is 0 Å². The molecule has 5 nitrogen and oxygen atoms in total. The number of piperidine rings is 1. The smallest absolute Gasteiger partial charge is 0.0644 e. The highest BCUT2D eigenvalue weighted by atomic mass is 16.3. The van der Waals surface area contributed by atoms with Crippen molar-refractivity contribution in [3.63, 3.8) is 0 Å². The van der Waals surface area contributed by atoms with Crippen LogP contribution in [0.4, 0.5) is 0 Å². The van der Waals surface area contributed by atoms with Crippen molar-refractivity contribution in [2.75, 3.05) is 27.2 Å². The summed E-state index contributed by atoms with van der Waals surface area (Å²) in [6.45, 7) is 9.35. The number of aryl methyl sites for hydroxylation is 1. The zero-order valence-corrected chi connectivity index (χ0v) is 14.1. The Morgan fingerprint density at radius 1 is 1.38 bits per heavy atom. The monoisotopic (exact) mass is 294 g/mol. The minimum atomic E-state index is 0.143. The van der Waals surface area contributed by atoms with Crippen molar-refractivity contribution >= 4 is 0 Å². The van der Waals surface area contributed by atoms with Crippen molar-refractivity contribution in [2.45, 2.75) is 58.8 Å². The van der Waals surface area contributed by atoms with Gasteiger partial charge in [-0.2, -0.15) is 5.10 Å². The summed E-state index contributed by atoms with van der Waals surface area (Å²) in [6, 6.07) is 1.31. The van der Waals surface area contributed by atoms with Gasteiger partial charge in [0.15, 0.2) is 0 Å². The fourth-order valence-electron chi connectivity index (χ4n) is 3.32. The molecule has 1 aliphatic rings. The summed E-state index contributed by atoms with van der Waals surface area (Å²) >= 11 is 0. The largest absolute Gasteiger partial charge is 0.394 e. The highest BCUT2D eigenvalue weighted by Crippen LogP contribution is 2.23. The standard InChI is InChI=1S/C16H30N4O/c1-12-10-15(6-7-18(12)4)19(5)11-16-13(2)17-20(8-9-21)14(16)3/h12,15,21H,6-11H2,1-5H3. The fourth-order valence-corrected chi connectivity index (χ4v) is 3.32. The summed E-state index contributed by atoms with van der Waals surface area (Å²) in [5.74, 6) is 0. The number of hydrogen-bond donors (Lipinski definition) is 1. The van der Waals surface area contributed by atoms with E-state index < -0.39 is 0 Å². The van der Waals surface area contributed by atoms with Crippen LogP contribution in [0.2, 0.25) is 0 Å². The molecule has 0 radical (unpaired) electrons. The van der Waals surface area contributed by atoms with Gasteiger partial charge in [-0.3, -0.25) is 9.58 Å². The van der Waals surface area contributed by atoms with E-state index in [1.165, 1.54) is 30.6 Å². The zero-order chi connectivity index (χ0) is 15.6. The molecule has 0 bridgehead atoms. The van der Waals surface area contributed by atoms with E-state index in [4.69, 9.17) is 5.11 Å². The SMILES string of the molecule is Cc1nn(CCO)c(C)c1CN(C)C1CCN(C)C(C)C1. The second kappa shape index (κ2) is 6.90. The maximum Gasteiger partial charge on any atom is 0.0644 e. The summed E-state index contributed by atoms with van der Waals surface area (Å²) in [6.07, 6.45) is 2.47. The number of aliphatic hydroxyl groups is 1. The molecule has 2 unspecified atom stereocenters. The maximum absolute atomic E-state index is 9.11. The Bertz CT molecular complexity index is 471. The van der Waals surface area contributed by atoms with Gasteiger partial charge in [0.1, 0.15) is 0 Å². The van der Waals surface area contributed by atoms with Gasteiger partial charge < -0.3 is 10.0 Å². The van der Waals surface area contributed by atoms with E-state index in [-0.39, 0.29) is 6.61 Å². The van der Waals surface area contributed by atoms with Crippen LogP contribution in [0.25, 0.3) is 0 Å². The minimum absolute atomic E-state index is 0.143. The first-order valence-electron chi connectivity index (χ1n) is 7.98. The van der Waals surface area contributed by atoms with Crippen molar-refractivity contribution in [1.29, 1.82) is 0 Å². The second-order valence-electron chi connectivity index (χ2n) is 6.52. The average molecular weight is 294 g/mol. The number of hydrogen-bond acceptors (Lipinski definition) is 4. The molecule has 0 amide bonds. The van der Waals surface area contributed by atoms with Gasteiger partial charge in [0.25, 0.3) is 0 Å². The van der Waals surface area contributed by atoms with E-state index in [0.717, 1.165) is 12.2 Å². The van der Waals surface area contributed by atoms with Gasteiger partial charge in [-0.1, -0.05) is 0 Å². The summed E-state index contributed by atoms with van der Waals surface area (Å²) in [5, 5.41) is 13.7. The Balaban J connectivity index is 2.04. The number of likely N-dealkylation sites (tertiary alicyclic amines) is 1. The predicted molar refractivity (Wildman–Crippen MR) is 85.4 cm³/mol. The van der Waals surface area contributed by atoms with E-state index in [1.807, 2.05) is 4.68 Å². The molecular formula is C16H30N4O. The van der Waals surface area contributed by atoms with Gasteiger partial charge in [-0.25, -0.2) is 0 Å². The van der Waals surface area contributed by atoms with Crippen molar-refractivity contribution < 1.29 is 5.11 Å². The highest BCUT2D eigenvalue weighted by Gasteiger charge is 2.26. The third-order valence-corrected chi connectivity index (χ3v) is 5.05. The minimum Gasteiger partial charge on any atom is -0.394 e. The fraction of sp³-hybridized carbons (Fsp3) is 0.812. The van der Waals surface area contributed by atoms with Gasteiger partial charge >= 0.3 is 0 Å². The van der Waals surface area contributed by atoms with Gasteiger partial charge in [0.05, 0.1) is 18.8 Å². The molecule has 2 atom stereocenters. The molecule has 1 aliphatic heterocycles. The lowest BCUT2D eigenvalue weighted by atomic mass is 9.97. The first-order chi connectivity index (χ1) is 9.93. The van der Waals surface area contributed by atoms with Crippen molar-refractivity contribution in [3.8, 4) is 0 Å². The molecule has 2 rings (SSSR count). The summed E-state index contributed by atoms with van der Waals surface area (Å²) in [4.78, 5) is 4.92. The Hall–Kier alpha value is -0.910. The quantitative estimate of drug-likeness (QED) is 0.892. The molecule has 0 saturated carbocycles. The zero-order valence-electron chi connectivity index (χ0n) is 14.1. The first-order valence-corrected chi connectivity index (χ1v) is 7.98. The molecule has 1 N–H and O–H groups in total. The maximum atomic E-state index is 9.11. The van der Waals surface area contributed by atoms with E-state index in [0.29, 0.717) is 18.6 Å². The average Bonchev–Trinajstić information content (AvgIpc) is 2.70. The van der Waals surface area contributed by atoms with Crippen LogP contribution in [-0.2, 0) is 13.1 Å². The van der Waals surface area contributed by atoms with Gasteiger partial charge in [0.2, 0.25) is 0 Å². The Morgan fingerprint density at radius 2 is 2.10 bits per heavy atom. The Morgan fingerprint density at radius 3 is 2.71 bits per heavy atom. The van der Waals surface area contributed by atoms with Crippen LogP contribution >= 0.6 is 0 Å². The molecule has 1 aromatic rings. The third kappa shape index (κ3) is 3.65. The van der Waals surface area contributed by atoms with Crippen LogP contribution in [0.1, 0.15) is 36.7 Å². The summed E-state index contributed by atoms with van der Waals surface area (Å²) < 4.78 is 1.93. The van der Waals surface area contributed by atoms with Crippen molar-refractivity contribution in [3.05, 3.63) is 17.0 Å². The lowest BCUT2D eigenvalue weighted by Gasteiger charge is -2.39. The molecule has 120 valence electrons.